The number of nitrogens with zero attached hydrogens (tertiary/aromatic N) is 6. The van der Waals surface area contributed by atoms with Crippen molar-refractivity contribution in [1.29, 1.82) is 0 Å². The fraction of sp³-hybridized carbons (Fsp3) is 0.765. The van der Waals surface area contributed by atoms with Crippen LogP contribution in [0.25, 0.3) is 0 Å². The molecule has 1 aromatic rings. The lowest BCUT2D eigenvalue weighted by atomic mass is 10.0. The molecule has 14 heteroatoms. The van der Waals surface area contributed by atoms with E-state index < -0.39 is 31.0 Å². The van der Waals surface area contributed by atoms with Gasteiger partial charge in [-0.3, -0.25) is 0 Å². The summed E-state index contributed by atoms with van der Waals surface area (Å²) in [7, 11) is 0. The highest BCUT2D eigenvalue weighted by Gasteiger charge is 2.29. The molecule has 0 saturated carbocycles. The van der Waals surface area contributed by atoms with Gasteiger partial charge in [0.05, 0.1) is 39.2 Å². The summed E-state index contributed by atoms with van der Waals surface area (Å²) < 4.78 is 10.7. The molecule has 0 radical (unpaired) electrons. The standard InChI is InChI=1S/C17H29N7O7/c25-10-12(27)14(29)13(28)11(26)9-18-22-15-19-16(23-1-5-30-6-2-23)21-17(20-15)24-3-7-31-8-4-24/h9,11-14,25-29H,1-8,10H2,(H,19,20,21,22)/b18-9+. The highest BCUT2D eigenvalue weighted by molar-refractivity contribution is 5.64. The number of hydrogen-bond donors (Lipinski definition) is 6. The van der Waals surface area contributed by atoms with Crippen LogP contribution >= 0.6 is 0 Å². The summed E-state index contributed by atoms with van der Waals surface area (Å²) in [5.74, 6) is 1.05. The van der Waals surface area contributed by atoms with Gasteiger partial charge in [0.25, 0.3) is 0 Å². The summed E-state index contributed by atoms with van der Waals surface area (Å²) in [5, 5.41) is 51.5. The van der Waals surface area contributed by atoms with Crippen LogP contribution in [-0.2, 0) is 9.47 Å². The van der Waals surface area contributed by atoms with E-state index in [2.05, 4.69) is 25.5 Å². The van der Waals surface area contributed by atoms with Crippen LogP contribution in [0.4, 0.5) is 17.8 Å². The van der Waals surface area contributed by atoms with Gasteiger partial charge in [-0.25, -0.2) is 5.43 Å². The van der Waals surface area contributed by atoms with Crippen LogP contribution < -0.4 is 15.2 Å². The molecule has 31 heavy (non-hydrogen) atoms. The summed E-state index contributed by atoms with van der Waals surface area (Å²) in [6.45, 7) is 4.00. The van der Waals surface area contributed by atoms with Crippen molar-refractivity contribution < 1.29 is 35.0 Å². The van der Waals surface area contributed by atoms with Crippen LogP contribution in [0.1, 0.15) is 0 Å². The zero-order valence-electron chi connectivity index (χ0n) is 17.0. The minimum absolute atomic E-state index is 0.131. The number of morpholine rings is 2. The van der Waals surface area contributed by atoms with Crippen LogP contribution in [0.15, 0.2) is 5.10 Å². The first-order valence-corrected chi connectivity index (χ1v) is 10.0. The number of nitrogens with one attached hydrogen (secondary N) is 1. The maximum atomic E-state index is 9.94. The Labute approximate surface area is 178 Å². The lowest BCUT2D eigenvalue weighted by molar-refractivity contribution is -0.0999. The first-order chi connectivity index (χ1) is 15.0. The Morgan fingerprint density at radius 1 is 0.871 bits per heavy atom. The van der Waals surface area contributed by atoms with Crippen molar-refractivity contribution in [2.24, 2.45) is 5.10 Å². The van der Waals surface area contributed by atoms with Crippen molar-refractivity contribution in [3.8, 4) is 0 Å². The second-order valence-corrected chi connectivity index (χ2v) is 7.07. The van der Waals surface area contributed by atoms with Gasteiger partial charge in [0.2, 0.25) is 17.8 Å². The third kappa shape index (κ3) is 6.39. The highest BCUT2D eigenvalue weighted by Crippen LogP contribution is 2.18. The largest absolute Gasteiger partial charge is 0.394 e. The minimum Gasteiger partial charge on any atom is -0.394 e. The van der Waals surface area contributed by atoms with Crippen LogP contribution in [0.5, 0.6) is 0 Å². The molecular weight excluding hydrogens is 414 g/mol. The summed E-state index contributed by atoms with van der Waals surface area (Å²) in [4.78, 5) is 17.2. The van der Waals surface area contributed by atoms with Crippen molar-refractivity contribution in [3.63, 3.8) is 0 Å². The van der Waals surface area contributed by atoms with E-state index in [1.165, 1.54) is 0 Å². The van der Waals surface area contributed by atoms with E-state index in [1.54, 1.807) is 0 Å². The van der Waals surface area contributed by atoms with Gasteiger partial charge < -0.3 is 44.8 Å². The molecule has 4 atom stereocenters. The van der Waals surface area contributed by atoms with Crippen LogP contribution in [0.3, 0.4) is 0 Å². The fourth-order valence-corrected chi connectivity index (χ4v) is 3.01. The number of aliphatic hydroxyl groups is 5. The molecule has 6 N–H and O–H groups in total. The molecule has 0 aliphatic carbocycles. The lowest BCUT2D eigenvalue weighted by Crippen LogP contribution is -2.46. The first kappa shape index (κ1) is 23.5. The Balaban J connectivity index is 1.72. The molecule has 3 rings (SSSR count). The van der Waals surface area contributed by atoms with Crippen molar-refractivity contribution in [2.45, 2.75) is 24.4 Å². The van der Waals surface area contributed by atoms with Gasteiger partial charge in [-0.05, 0) is 0 Å². The van der Waals surface area contributed by atoms with Crippen molar-refractivity contribution in [1.82, 2.24) is 15.0 Å². The van der Waals surface area contributed by atoms with E-state index in [-0.39, 0.29) is 5.95 Å². The third-order valence-electron chi connectivity index (χ3n) is 4.87. The number of anilines is 3. The summed E-state index contributed by atoms with van der Waals surface area (Å²) >= 11 is 0. The lowest BCUT2D eigenvalue weighted by Gasteiger charge is -2.30. The van der Waals surface area contributed by atoms with Crippen LogP contribution in [-0.4, -0.2) is 130 Å². The molecule has 0 spiro atoms. The van der Waals surface area contributed by atoms with E-state index in [4.69, 9.17) is 14.6 Å². The summed E-state index contributed by atoms with van der Waals surface area (Å²) in [5.41, 5.74) is 2.60. The van der Waals surface area contributed by atoms with Gasteiger partial charge in [0.1, 0.15) is 24.4 Å². The number of hydrazone groups is 1. The number of hydrogen-bond acceptors (Lipinski definition) is 14. The number of aliphatic hydroxyl groups excluding tert-OH is 5. The number of rotatable bonds is 9. The molecule has 1 aromatic heterocycles. The topological polar surface area (TPSA) is 189 Å². The molecule has 0 amide bonds. The van der Waals surface area contributed by atoms with Crippen molar-refractivity contribution >= 4 is 24.1 Å². The first-order valence-electron chi connectivity index (χ1n) is 10.0. The van der Waals surface area contributed by atoms with E-state index in [1.807, 2.05) is 9.80 Å². The second kappa shape index (κ2) is 11.4. The quantitative estimate of drug-likeness (QED) is 0.162. The average molecular weight is 443 g/mol. The Kier molecular flexibility index (Phi) is 8.65. The zero-order chi connectivity index (χ0) is 22.2. The third-order valence-corrected chi connectivity index (χ3v) is 4.87. The van der Waals surface area contributed by atoms with Gasteiger partial charge in [0.15, 0.2) is 0 Å². The molecule has 3 heterocycles. The molecule has 0 bridgehead atoms. The Bertz CT molecular complexity index is 680. The van der Waals surface area contributed by atoms with E-state index >= 15 is 0 Å². The van der Waals surface area contributed by atoms with E-state index in [0.29, 0.717) is 64.5 Å². The molecule has 2 aliphatic heterocycles. The smallest absolute Gasteiger partial charge is 0.250 e. The second-order valence-electron chi connectivity index (χ2n) is 7.07. The number of ether oxygens (including phenoxy) is 2. The molecule has 4 unspecified atom stereocenters. The Hall–Kier alpha value is -2.20. The van der Waals surface area contributed by atoms with Gasteiger partial charge in [-0.1, -0.05) is 0 Å². The average Bonchev–Trinajstić information content (AvgIpc) is 2.83. The van der Waals surface area contributed by atoms with Gasteiger partial charge >= 0.3 is 0 Å². The van der Waals surface area contributed by atoms with E-state index in [9.17, 15) is 20.4 Å². The normalized spacial score (nSPS) is 21.7. The predicted octanol–water partition coefficient (Wildman–Crippen LogP) is -3.62. The van der Waals surface area contributed by atoms with Gasteiger partial charge in [-0.2, -0.15) is 20.1 Å². The van der Waals surface area contributed by atoms with Crippen LogP contribution in [0, 0.1) is 0 Å². The Morgan fingerprint density at radius 3 is 1.87 bits per heavy atom. The van der Waals surface area contributed by atoms with Gasteiger partial charge in [0, 0.05) is 26.2 Å². The predicted molar refractivity (Wildman–Crippen MR) is 109 cm³/mol. The zero-order valence-corrected chi connectivity index (χ0v) is 17.0. The fourth-order valence-electron chi connectivity index (χ4n) is 3.01. The monoisotopic (exact) mass is 443 g/mol. The Morgan fingerprint density at radius 2 is 1.39 bits per heavy atom. The number of aromatic nitrogens is 3. The molecule has 2 aliphatic rings. The van der Waals surface area contributed by atoms with Crippen molar-refractivity contribution in [2.75, 3.05) is 74.4 Å². The maximum Gasteiger partial charge on any atom is 0.250 e. The molecule has 2 fully saturated rings. The summed E-state index contributed by atoms with van der Waals surface area (Å²) in [6.07, 6.45) is -5.77. The maximum absolute atomic E-state index is 9.94. The van der Waals surface area contributed by atoms with Gasteiger partial charge in [-0.15, -0.1) is 0 Å². The van der Waals surface area contributed by atoms with Crippen LogP contribution in [0.2, 0.25) is 0 Å². The van der Waals surface area contributed by atoms with Crippen molar-refractivity contribution in [3.05, 3.63) is 0 Å². The molecule has 2 saturated heterocycles. The molecule has 174 valence electrons. The summed E-state index contributed by atoms with van der Waals surface area (Å²) in [6, 6.07) is 0. The molecule has 0 aromatic carbocycles. The molecular formula is C17H29N7O7. The minimum atomic E-state index is -1.75. The highest BCUT2D eigenvalue weighted by atomic mass is 16.5. The van der Waals surface area contributed by atoms with E-state index in [0.717, 1.165) is 6.21 Å². The molecule has 14 nitrogen and oxygen atoms in total. The SMILES string of the molecule is OCC(O)C(O)C(O)C(O)/C=N/Nc1nc(N2CCOCC2)nc(N2CCOCC2)n1.